The van der Waals surface area contributed by atoms with Crippen LogP contribution in [0.15, 0.2) is 36.5 Å². The van der Waals surface area contributed by atoms with Crippen LogP contribution in [-0.2, 0) is 32.7 Å². The predicted octanol–water partition coefficient (Wildman–Crippen LogP) is 12.5. The molecule has 322 valence electrons. The fraction of sp³-hybridized carbons (Fsp3) is 0.822. The molecule has 1 N–H and O–H groups in total. The Morgan fingerprint density at radius 2 is 1.00 bits per heavy atom. The summed E-state index contributed by atoms with van der Waals surface area (Å²) < 4.78 is 34.3. The van der Waals surface area contributed by atoms with Crippen LogP contribution in [-0.4, -0.2) is 74.9 Å². The average Bonchev–Trinajstić information content (AvgIpc) is 3.13. The molecule has 0 aromatic rings. The highest BCUT2D eigenvalue weighted by molar-refractivity contribution is 7.47. The quantitative estimate of drug-likeness (QED) is 0.0215. The zero-order valence-electron chi connectivity index (χ0n) is 36.2. The highest BCUT2D eigenvalue weighted by Crippen LogP contribution is 2.43. The average molecular weight is 799 g/mol. The first-order valence-electron chi connectivity index (χ1n) is 22.2. The molecule has 9 nitrogen and oxygen atoms in total. The van der Waals surface area contributed by atoms with Gasteiger partial charge in [0.1, 0.15) is 19.8 Å². The Morgan fingerprint density at radius 1 is 0.564 bits per heavy atom. The van der Waals surface area contributed by atoms with Gasteiger partial charge in [0.2, 0.25) is 0 Å². The molecule has 0 heterocycles. The number of esters is 2. The number of carbonyl (C=O) groups excluding carboxylic acids is 2. The third kappa shape index (κ3) is 41.7. The van der Waals surface area contributed by atoms with E-state index in [1.165, 1.54) is 89.9 Å². The molecule has 0 aromatic heterocycles. The molecule has 0 rings (SSSR count). The number of carbonyl (C=O) groups is 2. The highest BCUT2D eigenvalue weighted by atomic mass is 31.2. The van der Waals surface area contributed by atoms with E-state index in [0.29, 0.717) is 17.4 Å². The van der Waals surface area contributed by atoms with E-state index in [0.717, 1.165) is 64.2 Å². The Balaban J connectivity index is 4.36. The molecule has 0 bridgehead atoms. The van der Waals surface area contributed by atoms with Gasteiger partial charge < -0.3 is 18.9 Å². The Bertz CT molecular complexity index is 1040. The van der Waals surface area contributed by atoms with Crippen LogP contribution < -0.4 is 0 Å². The summed E-state index contributed by atoms with van der Waals surface area (Å²) in [6.07, 6.45) is 41.8. The van der Waals surface area contributed by atoms with E-state index in [9.17, 15) is 19.0 Å². The van der Waals surface area contributed by atoms with E-state index in [1.807, 2.05) is 21.1 Å². The lowest BCUT2D eigenvalue weighted by atomic mass is 10.1. The summed E-state index contributed by atoms with van der Waals surface area (Å²) >= 11 is 0. The summed E-state index contributed by atoms with van der Waals surface area (Å²) in [5.41, 5.74) is 0. The van der Waals surface area contributed by atoms with Crippen molar-refractivity contribution in [2.24, 2.45) is 0 Å². The molecule has 0 radical (unpaired) electrons. The van der Waals surface area contributed by atoms with E-state index in [-0.39, 0.29) is 32.0 Å². The van der Waals surface area contributed by atoms with Crippen molar-refractivity contribution in [3.63, 3.8) is 0 Å². The van der Waals surface area contributed by atoms with Gasteiger partial charge in [-0.1, -0.05) is 147 Å². The molecular formula is C45H85NO8P+. The number of likely N-dealkylation sites (N-methyl/N-ethyl adjacent to an activating group) is 1. The molecule has 0 spiro atoms. The largest absolute Gasteiger partial charge is 0.472 e. The van der Waals surface area contributed by atoms with Gasteiger partial charge in [-0.2, -0.15) is 0 Å². The zero-order chi connectivity index (χ0) is 40.7. The van der Waals surface area contributed by atoms with Crippen LogP contribution in [0.3, 0.4) is 0 Å². The van der Waals surface area contributed by atoms with E-state index in [1.54, 1.807) is 0 Å². The van der Waals surface area contributed by atoms with Gasteiger partial charge in [0.25, 0.3) is 0 Å². The Morgan fingerprint density at radius 3 is 1.51 bits per heavy atom. The van der Waals surface area contributed by atoms with Crippen molar-refractivity contribution < 1.29 is 42.1 Å². The molecule has 0 aliphatic carbocycles. The van der Waals surface area contributed by atoms with Crippen LogP contribution in [0.4, 0.5) is 0 Å². The van der Waals surface area contributed by atoms with Crippen LogP contribution in [0.25, 0.3) is 0 Å². The van der Waals surface area contributed by atoms with Crippen molar-refractivity contribution in [3.05, 3.63) is 36.5 Å². The number of unbranched alkanes of at least 4 members (excludes halogenated alkanes) is 20. The number of ether oxygens (including phenoxy) is 2. The van der Waals surface area contributed by atoms with Crippen molar-refractivity contribution in [2.75, 3.05) is 47.5 Å². The van der Waals surface area contributed by atoms with Gasteiger partial charge in [-0.3, -0.25) is 18.6 Å². The lowest BCUT2D eigenvalue weighted by Crippen LogP contribution is -2.37. The van der Waals surface area contributed by atoms with Crippen molar-refractivity contribution in [2.45, 2.75) is 193 Å². The Hall–Kier alpha value is -1.77. The number of hydrogen-bond acceptors (Lipinski definition) is 7. The van der Waals surface area contributed by atoms with Gasteiger partial charge >= 0.3 is 19.8 Å². The van der Waals surface area contributed by atoms with Crippen molar-refractivity contribution in [1.29, 1.82) is 0 Å². The van der Waals surface area contributed by atoms with E-state index in [4.69, 9.17) is 18.5 Å². The van der Waals surface area contributed by atoms with Crippen LogP contribution in [0, 0.1) is 0 Å². The van der Waals surface area contributed by atoms with Gasteiger partial charge in [0.05, 0.1) is 27.7 Å². The first kappa shape index (κ1) is 53.2. The van der Waals surface area contributed by atoms with Gasteiger partial charge in [0.15, 0.2) is 6.10 Å². The van der Waals surface area contributed by atoms with Gasteiger partial charge in [-0.25, -0.2) is 4.57 Å². The maximum absolute atomic E-state index is 12.7. The number of phosphoric acid groups is 1. The van der Waals surface area contributed by atoms with Crippen LogP contribution in [0.2, 0.25) is 0 Å². The predicted molar refractivity (Wildman–Crippen MR) is 229 cm³/mol. The molecule has 0 aliphatic heterocycles. The topological polar surface area (TPSA) is 108 Å². The normalized spacial score (nSPS) is 13.9. The smallest absolute Gasteiger partial charge is 0.462 e. The fourth-order valence-corrected chi connectivity index (χ4v) is 6.59. The van der Waals surface area contributed by atoms with Gasteiger partial charge in [-0.15, -0.1) is 0 Å². The number of phosphoric ester groups is 1. The molecule has 0 saturated carbocycles. The number of nitrogens with zero attached hydrogens (tertiary/aromatic N) is 1. The first-order valence-corrected chi connectivity index (χ1v) is 23.7. The third-order valence-electron chi connectivity index (χ3n) is 9.39. The van der Waals surface area contributed by atoms with Gasteiger partial charge in [-0.05, 0) is 64.2 Å². The lowest BCUT2D eigenvalue weighted by molar-refractivity contribution is -0.870. The van der Waals surface area contributed by atoms with Crippen LogP contribution in [0.1, 0.15) is 187 Å². The first-order chi connectivity index (χ1) is 26.5. The number of quaternary nitrogens is 1. The van der Waals surface area contributed by atoms with E-state index < -0.39 is 26.5 Å². The van der Waals surface area contributed by atoms with E-state index in [2.05, 4.69) is 50.3 Å². The third-order valence-corrected chi connectivity index (χ3v) is 10.4. The molecule has 0 aliphatic rings. The van der Waals surface area contributed by atoms with Gasteiger partial charge in [0, 0.05) is 12.8 Å². The highest BCUT2D eigenvalue weighted by Gasteiger charge is 2.27. The summed E-state index contributed by atoms with van der Waals surface area (Å²) in [6.45, 7) is 4.35. The second kappa shape index (κ2) is 37.8. The molecule has 0 saturated heterocycles. The standard InChI is InChI=1S/C45H84NO8P/c1-6-8-10-12-14-16-18-20-22-23-24-26-27-29-31-33-35-37-44(47)51-41-43(42-53-55(49,50)52-40-39-46(3,4)5)54-45(48)38-36-34-32-30-28-25-21-19-17-15-13-11-9-7-2/h13,15-16,18-19,21,43H,6-12,14,17,20,22-42H2,1-5H3/p+1/b15-13+,18-16+,21-19+/t43-/m1/s1. The molecule has 0 fully saturated rings. The molecule has 55 heavy (non-hydrogen) atoms. The maximum atomic E-state index is 12.7. The number of hydrogen-bond donors (Lipinski definition) is 1. The molecule has 0 amide bonds. The lowest BCUT2D eigenvalue weighted by Gasteiger charge is -2.24. The van der Waals surface area contributed by atoms with Crippen molar-refractivity contribution >= 4 is 19.8 Å². The Kier molecular flexibility index (Phi) is 36.6. The second-order valence-corrected chi connectivity index (χ2v) is 17.5. The minimum Gasteiger partial charge on any atom is -0.462 e. The van der Waals surface area contributed by atoms with Crippen LogP contribution >= 0.6 is 7.82 Å². The van der Waals surface area contributed by atoms with Crippen molar-refractivity contribution in [1.82, 2.24) is 0 Å². The summed E-state index contributed by atoms with van der Waals surface area (Å²) in [5.74, 6) is -0.816. The molecule has 1 unspecified atom stereocenters. The second-order valence-electron chi connectivity index (χ2n) is 16.1. The molecular weight excluding hydrogens is 713 g/mol. The Labute approximate surface area is 338 Å². The van der Waals surface area contributed by atoms with Crippen LogP contribution in [0.5, 0.6) is 0 Å². The monoisotopic (exact) mass is 799 g/mol. The van der Waals surface area contributed by atoms with Crippen molar-refractivity contribution in [3.8, 4) is 0 Å². The summed E-state index contributed by atoms with van der Waals surface area (Å²) in [6, 6.07) is 0. The van der Waals surface area contributed by atoms with E-state index >= 15 is 0 Å². The molecule has 0 aromatic carbocycles. The molecule has 2 atom stereocenters. The maximum Gasteiger partial charge on any atom is 0.472 e. The zero-order valence-corrected chi connectivity index (χ0v) is 37.1. The summed E-state index contributed by atoms with van der Waals surface area (Å²) in [7, 11) is 1.46. The number of rotatable bonds is 40. The SMILES string of the molecule is CCCC/C=C/C/C=C/CCCCCCCC(=O)O[C@H](COC(=O)CCCCCCCCCCC/C=C/CCCCCC)COP(=O)(O)OCC[N+](C)(C)C. The molecule has 10 heteroatoms. The minimum absolute atomic E-state index is 0.0284. The summed E-state index contributed by atoms with van der Waals surface area (Å²) in [4.78, 5) is 35.3. The minimum atomic E-state index is -4.38. The number of allylic oxidation sites excluding steroid dienone is 6. The fourth-order valence-electron chi connectivity index (χ4n) is 5.85. The summed E-state index contributed by atoms with van der Waals surface area (Å²) in [5, 5.41) is 0.